The van der Waals surface area contributed by atoms with Crippen molar-refractivity contribution in [2.24, 2.45) is 5.92 Å². The fourth-order valence-corrected chi connectivity index (χ4v) is 3.64. The van der Waals surface area contributed by atoms with Gasteiger partial charge >= 0.3 is 12.1 Å². The molecule has 2 unspecified atom stereocenters. The Morgan fingerprint density at radius 1 is 1.24 bits per heavy atom. The van der Waals surface area contributed by atoms with E-state index in [2.05, 4.69) is 5.32 Å². The summed E-state index contributed by atoms with van der Waals surface area (Å²) >= 11 is 0. The van der Waals surface area contributed by atoms with Gasteiger partial charge in [0.05, 0.1) is 35.0 Å². The molecule has 2 amide bonds. The number of hydrogen-bond acceptors (Lipinski definition) is 7. The van der Waals surface area contributed by atoms with Gasteiger partial charge in [-0.25, -0.2) is 4.79 Å². The number of hydrogen-bond donors (Lipinski definition) is 1. The molecule has 1 aliphatic heterocycles. The van der Waals surface area contributed by atoms with Crippen LogP contribution >= 0.6 is 0 Å². The first-order valence-corrected chi connectivity index (χ1v) is 11.1. The third-order valence-corrected chi connectivity index (χ3v) is 5.01. The van der Waals surface area contributed by atoms with Crippen LogP contribution in [0.5, 0.6) is 0 Å². The molecule has 1 fully saturated rings. The minimum absolute atomic E-state index is 0.167. The molecule has 1 saturated heterocycles. The van der Waals surface area contributed by atoms with E-state index in [1.807, 2.05) is 0 Å². The Kier molecular flexibility index (Phi) is 8.78. The van der Waals surface area contributed by atoms with Crippen LogP contribution in [-0.2, 0) is 19.1 Å². The van der Waals surface area contributed by atoms with Crippen LogP contribution in [0.2, 0.25) is 0 Å². The van der Waals surface area contributed by atoms with Gasteiger partial charge in [-0.3, -0.25) is 19.7 Å². The molecule has 1 aromatic rings. The van der Waals surface area contributed by atoms with Crippen molar-refractivity contribution < 1.29 is 28.8 Å². The molecule has 10 heteroatoms. The summed E-state index contributed by atoms with van der Waals surface area (Å²) in [5, 5.41) is 14.3. The molecule has 182 valence electrons. The second-order valence-electron chi connectivity index (χ2n) is 9.39. The quantitative estimate of drug-likeness (QED) is 0.370. The molecule has 0 aromatic heterocycles. The Hall–Kier alpha value is -3.17. The number of esters is 1. The lowest BCUT2D eigenvalue weighted by Crippen LogP contribution is -2.47. The lowest BCUT2D eigenvalue weighted by atomic mass is 9.95. The Bertz CT molecular complexity index is 879. The topological polar surface area (TPSA) is 128 Å². The summed E-state index contributed by atoms with van der Waals surface area (Å²) in [6.07, 6.45) is 0.0572. The van der Waals surface area contributed by atoms with Gasteiger partial charge in [0.25, 0.3) is 5.69 Å². The molecule has 0 bridgehead atoms. The van der Waals surface area contributed by atoms with E-state index in [-0.39, 0.29) is 36.2 Å². The van der Waals surface area contributed by atoms with Gasteiger partial charge in [-0.1, -0.05) is 18.2 Å². The molecule has 33 heavy (non-hydrogen) atoms. The summed E-state index contributed by atoms with van der Waals surface area (Å²) in [4.78, 5) is 50.3. The van der Waals surface area contributed by atoms with E-state index in [1.165, 1.54) is 23.1 Å². The summed E-state index contributed by atoms with van der Waals surface area (Å²) in [5.41, 5.74) is -0.629. The normalized spacial score (nSPS) is 17.3. The van der Waals surface area contributed by atoms with Crippen LogP contribution < -0.4 is 5.32 Å². The molecule has 0 aliphatic carbocycles. The number of nitro benzene ring substituents is 1. The second-order valence-corrected chi connectivity index (χ2v) is 9.39. The first-order chi connectivity index (χ1) is 15.4. The SMILES string of the molecule is CC(C)OC(=O)CC(NC(=O)C1CCCN(C(=O)OC(C)(C)C)C1)c1ccccc1[N+](=O)[O-]. The monoisotopic (exact) mass is 463 g/mol. The number of nitrogens with zero attached hydrogens (tertiary/aromatic N) is 2. The Labute approximate surface area is 193 Å². The van der Waals surface area contributed by atoms with Crippen LogP contribution in [0.4, 0.5) is 10.5 Å². The fraction of sp³-hybridized carbons (Fsp3) is 0.609. The number of nitrogens with one attached hydrogen (secondary N) is 1. The van der Waals surface area contributed by atoms with Crippen molar-refractivity contribution in [3.63, 3.8) is 0 Å². The molecule has 2 rings (SSSR count). The Balaban J connectivity index is 2.20. The summed E-state index contributed by atoms with van der Waals surface area (Å²) in [6.45, 7) is 9.35. The largest absolute Gasteiger partial charge is 0.463 e. The predicted molar refractivity (Wildman–Crippen MR) is 120 cm³/mol. The van der Waals surface area contributed by atoms with Crippen molar-refractivity contribution in [1.29, 1.82) is 0 Å². The Morgan fingerprint density at radius 2 is 1.91 bits per heavy atom. The van der Waals surface area contributed by atoms with E-state index in [0.717, 1.165) is 0 Å². The zero-order chi connectivity index (χ0) is 24.8. The van der Waals surface area contributed by atoms with E-state index in [0.29, 0.717) is 19.4 Å². The predicted octanol–water partition coefficient (Wildman–Crippen LogP) is 3.74. The maximum atomic E-state index is 13.1. The van der Waals surface area contributed by atoms with Crippen molar-refractivity contribution in [3.8, 4) is 0 Å². The molecule has 0 radical (unpaired) electrons. The van der Waals surface area contributed by atoms with Crippen LogP contribution in [0.15, 0.2) is 24.3 Å². The molecule has 1 aromatic carbocycles. The summed E-state index contributed by atoms with van der Waals surface area (Å²) < 4.78 is 10.6. The number of likely N-dealkylation sites (tertiary alicyclic amines) is 1. The van der Waals surface area contributed by atoms with E-state index >= 15 is 0 Å². The number of ether oxygens (including phenoxy) is 2. The van der Waals surface area contributed by atoms with E-state index in [9.17, 15) is 24.5 Å². The molecule has 0 spiro atoms. The van der Waals surface area contributed by atoms with Crippen molar-refractivity contribution in [2.45, 2.75) is 71.6 Å². The highest BCUT2D eigenvalue weighted by molar-refractivity contribution is 5.81. The number of nitro groups is 1. The van der Waals surface area contributed by atoms with Crippen LogP contribution in [0.3, 0.4) is 0 Å². The molecule has 0 saturated carbocycles. The van der Waals surface area contributed by atoms with E-state index in [1.54, 1.807) is 40.7 Å². The smallest absolute Gasteiger partial charge is 0.410 e. The van der Waals surface area contributed by atoms with Crippen molar-refractivity contribution in [2.75, 3.05) is 13.1 Å². The molecule has 10 nitrogen and oxygen atoms in total. The average Bonchev–Trinajstić information content (AvgIpc) is 2.71. The number of piperidine rings is 1. The van der Waals surface area contributed by atoms with Crippen molar-refractivity contribution in [1.82, 2.24) is 10.2 Å². The number of carbonyl (C=O) groups excluding carboxylic acids is 3. The standard InChI is InChI=1S/C23H33N3O7/c1-15(2)32-20(27)13-18(17-10-6-7-11-19(17)26(30)31)24-21(28)16-9-8-12-25(14-16)22(29)33-23(3,4)5/h6-7,10-11,15-16,18H,8-9,12-14H2,1-5H3,(H,24,28). The minimum Gasteiger partial charge on any atom is -0.463 e. The van der Waals surface area contributed by atoms with Gasteiger partial charge in [0.1, 0.15) is 5.60 Å². The number of rotatable bonds is 7. The highest BCUT2D eigenvalue weighted by Gasteiger charge is 2.33. The van der Waals surface area contributed by atoms with Crippen LogP contribution in [0.1, 0.15) is 65.5 Å². The molecular formula is C23H33N3O7. The van der Waals surface area contributed by atoms with Crippen LogP contribution in [0.25, 0.3) is 0 Å². The van der Waals surface area contributed by atoms with Crippen molar-refractivity contribution >= 4 is 23.7 Å². The van der Waals surface area contributed by atoms with E-state index in [4.69, 9.17) is 9.47 Å². The average molecular weight is 464 g/mol. The lowest BCUT2D eigenvalue weighted by molar-refractivity contribution is -0.385. The summed E-state index contributed by atoms with van der Waals surface area (Å²) in [6, 6.07) is 5.03. The second kappa shape index (κ2) is 11.1. The highest BCUT2D eigenvalue weighted by Crippen LogP contribution is 2.29. The molecular weight excluding hydrogens is 430 g/mol. The maximum absolute atomic E-state index is 13.1. The van der Waals surface area contributed by atoms with Crippen LogP contribution in [-0.4, -0.2) is 52.6 Å². The van der Waals surface area contributed by atoms with Gasteiger partial charge in [0.2, 0.25) is 5.91 Å². The number of carbonyl (C=O) groups is 3. The number of amides is 2. The number of benzene rings is 1. The van der Waals surface area contributed by atoms with Gasteiger partial charge in [-0.15, -0.1) is 0 Å². The van der Waals surface area contributed by atoms with Crippen molar-refractivity contribution in [3.05, 3.63) is 39.9 Å². The number of para-hydroxylation sites is 1. The minimum atomic E-state index is -0.942. The molecule has 1 N–H and O–H groups in total. The van der Waals surface area contributed by atoms with Gasteiger partial charge in [0, 0.05) is 19.2 Å². The lowest BCUT2D eigenvalue weighted by Gasteiger charge is -2.34. The van der Waals surface area contributed by atoms with Gasteiger partial charge in [-0.2, -0.15) is 0 Å². The third-order valence-electron chi connectivity index (χ3n) is 5.01. The highest BCUT2D eigenvalue weighted by atomic mass is 16.6. The van der Waals surface area contributed by atoms with Gasteiger partial charge in [-0.05, 0) is 47.5 Å². The van der Waals surface area contributed by atoms with Crippen LogP contribution in [0, 0.1) is 16.0 Å². The van der Waals surface area contributed by atoms with E-state index < -0.39 is 34.5 Å². The van der Waals surface area contributed by atoms with Gasteiger partial charge < -0.3 is 19.7 Å². The fourth-order valence-electron chi connectivity index (χ4n) is 3.64. The first-order valence-electron chi connectivity index (χ1n) is 11.1. The zero-order valence-corrected chi connectivity index (χ0v) is 19.8. The Morgan fingerprint density at radius 3 is 2.52 bits per heavy atom. The first kappa shape index (κ1) is 26.1. The zero-order valence-electron chi connectivity index (χ0n) is 19.8. The van der Waals surface area contributed by atoms with Gasteiger partial charge in [0.15, 0.2) is 0 Å². The maximum Gasteiger partial charge on any atom is 0.410 e. The summed E-state index contributed by atoms with van der Waals surface area (Å²) in [5.74, 6) is -1.49. The molecule has 1 heterocycles. The summed E-state index contributed by atoms with van der Waals surface area (Å²) in [7, 11) is 0. The third kappa shape index (κ3) is 8.03. The molecule has 2 atom stereocenters. The molecule has 1 aliphatic rings.